The molecule has 0 bridgehead atoms. The molecule has 0 spiro atoms. The van der Waals surface area contributed by atoms with Crippen LogP contribution in [-0.2, 0) is 6.54 Å². The van der Waals surface area contributed by atoms with E-state index in [1.165, 1.54) is 24.9 Å². The highest BCUT2D eigenvalue weighted by Crippen LogP contribution is 2.15. The van der Waals surface area contributed by atoms with E-state index in [4.69, 9.17) is 5.26 Å². The lowest BCUT2D eigenvalue weighted by atomic mass is 10.1. The molecule has 1 saturated heterocycles. The van der Waals surface area contributed by atoms with Gasteiger partial charge < -0.3 is 5.32 Å². The maximum atomic E-state index is 8.85. The normalized spacial score (nSPS) is 19.9. The Kier molecular flexibility index (Phi) is 4.74. The highest BCUT2D eigenvalue weighted by Gasteiger charge is 2.21. The molecule has 0 amide bonds. The van der Waals surface area contributed by atoms with Crippen molar-refractivity contribution in [2.75, 3.05) is 19.6 Å². The lowest BCUT2D eigenvalue weighted by Crippen LogP contribution is -2.37. The maximum Gasteiger partial charge on any atom is 0.0991 e. The van der Waals surface area contributed by atoms with E-state index >= 15 is 0 Å². The van der Waals surface area contributed by atoms with Gasteiger partial charge in [0.25, 0.3) is 0 Å². The molecule has 1 aliphatic rings. The summed E-state index contributed by atoms with van der Waals surface area (Å²) in [6.07, 6.45) is 2.63. The molecule has 0 radical (unpaired) electrons. The largest absolute Gasteiger partial charge is 0.311 e. The third-order valence-corrected chi connectivity index (χ3v) is 3.67. The van der Waals surface area contributed by atoms with Gasteiger partial charge in [-0.15, -0.1) is 0 Å². The minimum absolute atomic E-state index is 0.689. The molecule has 0 saturated carbocycles. The van der Waals surface area contributed by atoms with Gasteiger partial charge in [-0.25, -0.2) is 0 Å². The van der Waals surface area contributed by atoms with Gasteiger partial charge in [-0.1, -0.05) is 19.1 Å². The first-order chi connectivity index (χ1) is 8.83. The summed E-state index contributed by atoms with van der Waals surface area (Å²) in [6, 6.07) is 10.7. The van der Waals surface area contributed by atoms with E-state index in [1.807, 2.05) is 18.2 Å². The molecule has 1 fully saturated rings. The summed E-state index contributed by atoms with van der Waals surface area (Å²) < 4.78 is 0. The molecule has 96 valence electrons. The van der Waals surface area contributed by atoms with Gasteiger partial charge in [0.2, 0.25) is 0 Å². The van der Waals surface area contributed by atoms with Crippen LogP contribution in [0.2, 0.25) is 0 Å². The number of hydrogen-bond donors (Lipinski definition) is 1. The molecule has 2 rings (SSSR count). The van der Waals surface area contributed by atoms with Crippen molar-refractivity contribution in [3.63, 3.8) is 0 Å². The Morgan fingerprint density at radius 2 is 2.39 bits per heavy atom. The molecule has 0 aromatic heterocycles. The zero-order valence-electron chi connectivity index (χ0n) is 11.0. The average Bonchev–Trinajstić information content (AvgIpc) is 2.86. The SMILES string of the molecule is CCN1CCCC1CNCc1cccc(C#N)c1. The van der Waals surface area contributed by atoms with Gasteiger partial charge in [-0.05, 0) is 43.6 Å². The number of benzene rings is 1. The first kappa shape index (κ1) is 13.1. The van der Waals surface area contributed by atoms with Crippen molar-refractivity contribution >= 4 is 0 Å². The fourth-order valence-electron chi connectivity index (χ4n) is 2.68. The zero-order chi connectivity index (χ0) is 12.8. The summed E-state index contributed by atoms with van der Waals surface area (Å²) in [4.78, 5) is 2.54. The van der Waals surface area contributed by atoms with E-state index in [0.29, 0.717) is 6.04 Å². The topological polar surface area (TPSA) is 39.1 Å². The van der Waals surface area contributed by atoms with Crippen molar-refractivity contribution in [3.8, 4) is 6.07 Å². The molecule has 1 unspecified atom stereocenters. The quantitative estimate of drug-likeness (QED) is 0.861. The molecule has 1 atom stereocenters. The molecular weight excluding hydrogens is 222 g/mol. The standard InChI is InChI=1S/C15H21N3/c1-2-18-8-4-7-15(18)12-17-11-14-6-3-5-13(9-14)10-16/h3,5-6,9,15,17H,2,4,7-8,11-12H2,1H3. The third-order valence-electron chi connectivity index (χ3n) is 3.67. The summed E-state index contributed by atoms with van der Waals surface area (Å²) >= 11 is 0. The summed E-state index contributed by atoms with van der Waals surface area (Å²) in [7, 11) is 0. The fraction of sp³-hybridized carbons (Fsp3) is 0.533. The van der Waals surface area contributed by atoms with Crippen molar-refractivity contribution in [3.05, 3.63) is 35.4 Å². The molecule has 1 aromatic carbocycles. The highest BCUT2D eigenvalue weighted by atomic mass is 15.2. The van der Waals surface area contributed by atoms with Crippen LogP contribution >= 0.6 is 0 Å². The molecule has 3 nitrogen and oxygen atoms in total. The van der Waals surface area contributed by atoms with E-state index in [0.717, 1.165) is 25.2 Å². The first-order valence-corrected chi connectivity index (χ1v) is 6.77. The van der Waals surface area contributed by atoms with Crippen LogP contribution < -0.4 is 5.32 Å². The van der Waals surface area contributed by atoms with Crippen LogP contribution in [0.3, 0.4) is 0 Å². The maximum absolute atomic E-state index is 8.85. The molecule has 1 heterocycles. The minimum atomic E-state index is 0.689. The highest BCUT2D eigenvalue weighted by molar-refractivity contribution is 5.32. The van der Waals surface area contributed by atoms with Gasteiger partial charge >= 0.3 is 0 Å². The predicted molar refractivity (Wildman–Crippen MR) is 73.1 cm³/mol. The summed E-state index contributed by atoms with van der Waals surface area (Å²) in [5, 5.41) is 12.4. The fourth-order valence-corrected chi connectivity index (χ4v) is 2.68. The van der Waals surface area contributed by atoms with Gasteiger partial charge in [0.1, 0.15) is 0 Å². The monoisotopic (exact) mass is 243 g/mol. The van der Waals surface area contributed by atoms with Gasteiger partial charge in [-0.2, -0.15) is 5.26 Å². The van der Waals surface area contributed by atoms with Gasteiger partial charge in [-0.3, -0.25) is 4.90 Å². The number of likely N-dealkylation sites (N-methyl/N-ethyl adjacent to an activating group) is 1. The molecule has 1 N–H and O–H groups in total. The molecular formula is C15H21N3. The third kappa shape index (κ3) is 3.32. The van der Waals surface area contributed by atoms with E-state index in [-0.39, 0.29) is 0 Å². The van der Waals surface area contributed by atoms with E-state index in [1.54, 1.807) is 0 Å². The summed E-state index contributed by atoms with van der Waals surface area (Å²) in [6.45, 7) is 6.52. The number of nitrogens with one attached hydrogen (secondary N) is 1. The van der Waals surface area contributed by atoms with Crippen molar-refractivity contribution in [2.45, 2.75) is 32.4 Å². The lowest BCUT2D eigenvalue weighted by Gasteiger charge is -2.23. The smallest absolute Gasteiger partial charge is 0.0991 e. The van der Waals surface area contributed by atoms with Crippen LogP contribution in [0.5, 0.6) is 0 Å². The Bertz CT molecular complexity index is 422. The number of hydrogen-bond acceptors (Lipinski definition) is 3. The Labute approximate surface area is 109 Å². The second kappa shape index (κ2) is 6.53. The second-order valence-corrected chi connectivity index (χ2v) is 4.87. The van der Waals surface area contributed by atoms with Crippen LogP contribution in [0.15, 0.2) is 24.3 Å². The van der Waals surface area contributed by atoms with Crippen molar-refractivity contribution in [1.82, 2.24) is 10.2 Å². The molecule has 1 aliphatic heterocycles. The number of likely N-dealkylation sites (tertiary alicyclic amines) is 1. The Balaban J connectivity index is 1.79. The number of nitrogens with zero attached hydrogens (tertiary/aromatic N) is 2. The molecule has 3 heteroatoms. The molecule has 1 aromatic rings. The van der Waals surface area contributed by atoms with Crippen LogP contribution in [0.4, 0.5) is 0 Å². The summed E-state index contributed by atoms with van der Waals surface area (Å²) in [5.74, 6) is 0. The van der Waals surface area contributed by atoms with Crippen LogP contribution in [-0.4, -0.2) is 30.6 Å². The van der Waals surface area contributed by atoms with E-state index in [2.05, 4.69) is 29.3 Å². The van der Waals surface area contributed by atoms with Crippen molar-refractivity contribution in [2.24, 2.45) is 0 Å². The Hall–Kier alpha value is -1.37. The van der Waals surface area contributed by atoms with Gasteiger partial charge in [0.05, 0.1) is 11.6 Å². The lowest BCUT2D eigenvalue weighted by molar-refractivity contribution is 0.260. The number of rotatable bonds is 5. The average molecular weight is 243 g/mol. The predicted octanol–water partition coefficient (Wildman–Crippen LogP) is 2.13. The van der Waals surface area contributed by atoms with E-state index in [9.17, 15) is 0 Å². The first-order valence-electron chi connectivity index (χ1n) is 6.77. The van der Waals surface area contributed by atoms with Crippen molar-refractivity contribution in [1.29, 1.82) is 5.26 Å². The minimum Gasteiger partial charge on any atom is -0.311 e. The Morgan fingerprint density at radius 1 is 1.50 bits per heavy atom. The van der Waals surface area contributed by atoms with E-state index < -0.39 is 0 Å². The van der Waals surface area contributed by atoms with Gasteiger partial charge in [0.15, 0.2) is 0 Å². The van der Waals surface area contributed by atoms with Crippen LogP contribution in [0.1, 0.15) is 30.9 Å². The summed E-state index contributed by atoms with van der Waals surface area (Å²) in [5.41, 5.74) is 1.93. The Morgan fingerprint density at radius 3 is 3.17 bits per heavy atom. The van der Waals surface area contributed by atoms with Crippen LogP contribution in [0.25, 0.3) is 0 Å². The molecule has 18 heavy (non-hydrogen) atoms. The molecule has 0 aliphatic carbocycles. The van der Waals surface area contributed by atoms with Crippen molar-refractivity contribution < 1.29 is 0 Å². The van der Waals surface area contributed by atoms with Crippen LogP contribution in [0, 0.1) is 11.3 Å². The van der Waals surface area contributed by atoms with Gasteiger partial charge in [0, 0.05) is 19.1 Å². The second-order valence-electron chi connectivity index (χ2n) is 4.87. The number of nitriles is 1. The zero-order valence-corrected chi connectivity index (χ0v) is 11.0.